The molecule has 2 heteroatoms. The van der Waals surface area contributed by atoms with Crippen molar-refractivity contribution in [2.75, 3.05) is 6.54 Å². The van der Waals surface area contributed by atoms with Crippen LogP contribution in [0.15, 0.2) is 0 Å². The Morgan fingerprint density at radius 2 is 1.89 bits per heavy atom. The van der Waals surface area contributed by atoms with Crippen LogP contribution in [0.4, 0.5) is 0 Å². The maximum atomic E-state index is 10.7. The minimum absolute atomic E-state index is 0.0368. The second-order valence-electron chi connectivity index (χ2n) is 7.02. The van der Waals surface area contributed by atoms with E-state index >= 15 is 0 Å². The summed E-state index contributed by atoms with van der Waals surface area (Å²) in [7, 11) is 0. The van der Waals surface area contributed by atoms with Gasteiger partial charge >= 0.3 is 0 Å². The molecule has 106 valence electrons. The zero-order valence-electron chi connectivity index (χ0n) is 12.0. The Hall–Kier alpha value is -0.0800. The molecule has 3 N–H and O–H groups in total. The van der Waals surface area contributed by atoms with Gasteiger partial charge in [-0.1, -0.05) is 51.9 Å². The van der Waals surface area contributed by atoms with E-state index in [1.54, 1.807) is 0 Å². The molecule has 0 aromatic rings. The first-order valence-corrected chi connectivity index (χ1v) is 8.04. The average molecular weight is 253 g/mol. The number of hydrogen-bond donors (Lipinski definition) is 2. The highest BCUT2D eigenvalue weighted by Crippen LogP contribution is 2.44. The van der Waals surface area contributed by atoms with Crippen LogP contribution < -0.4 is 5.73 Å². The van der Waals surface area contributed by atoms with Gasteiger partial charge < -0.3 is 10.8 Å². The van der Waals surface area contributed by atoms with E-state index in [0.29, 0.717) is 6.54 Å². The molecule has 0 amide bonds. The molecule has 0 bridgehead atoms. The topological polar surface area (TPSA) is 46.2 Å². The fourth-order valence-electron chi connectivity index (χ4n) is 4.31. The van der Waals surface area contributed by atoms with Crippen molar-refractivity contribution < 1.29 is 5.11 Å². The molecule has 0 aromatic carbocycles. The van der Waals surface area contributed by atoms with Crippen LogP contribution in [0.3, 0.4) is 0 Å². The van der Waals surface area contributed by atoms with Gasteiger partial charge in [0.15, 0.2) is 0 Å². The Morgan fingerprint density at radius 3 is 2.50 bits per heavy atom. The summed E-state index contributed by atoms with van der Waals surface area (Å²) in [5, 5.41) is 10.7. The van der Waals surface area contributed by atoms with Crippen LogP contribution in [0.1, 0.15) is 71.1 Å². The Labute approximate surface area is 112 Å². The zero-order chi connectivity index (χ0) is 13.0. The summed E-state index contributed by atoms with van der Waals surface area (Å²) >= 11 is 0. The molecular weight excluding hydrogens is 222 g/mol. The number of aliphatic hydroxyl groups excluding tert-OH is 1. The van der Waals surface area contributed by atoms with Gasteiger partial charge in [-0.05, 0) is 31.1 Å². The van der Waals surface area contributed by atoms with Crippen molar-refractivity contribution in [2.45, 2.75) is 77.2 Å². The quantitative estimate of drug-likeness (QED) is 0.806. The van der Waals surface area contributed by atoms with E-state index in [-0.39, 0.29) is 11.5 Å². The summed E-state index contributed by atoms with van der Waals surface area (Å²) in [5.41, 5.74) is 6.08. The van der Waals surface area contributed by atoms with Gasteiger partial charge in [0, 0.05) is 12.0 Å². The Balaban J connectivity index is 1.93. The van der Waals surface area contributed by atoms with E-state index in [4.69, 9.17) is 5.73 Å². The predicted octanol–water partition coefficient (Wildman–Crippen LogP) is 3.47. The SMILES string of the molecule is CC1CCCC(CN)(C(O)CC2CCCCC2)C1. The summed E-state index contributed by atoms with van der Waals surface area (Å²) in [5.74, 6) is 1.50. The van der Waals surface area contributed by atoms with Crippen LogP contribution in [0.2, 0.25) is 0 Å². The third-order valence-electron chi connectivity index (χ3n) is 5.52. The molecular formula is C16H31NO. The third kappa shape index (κ3) is 3.27. The highest BCUT2D eigenvalue weighted by molar-refractivity contribution is 4.93. The summed E-state index contributed by atoms with van der Waals surface area (Å²) < 4.78 is 0. The summed E-state index contributed by atoms with van der Waals surface area (Å²) in [4.78, 5) is 0. The van der Waals surface area contributed by atoms with E-state index in [1.165, 1.54) is 44.9 Å². The number of nitrogens with two attached hydrogens (primary N) is 1. The van der Waals surface area contributed by atoms with Crippen LogP contribution in [0.5, 0.6) is 0 Å². The minimum atomic E-state index is -0.159. The molecule has 2 nitrogen and oxygen atoms in total. The fraction of sp³-hybridized carbons (Fsp3) is 1.00. The van der Waals surface area contributed by atoms with Gasteiger partial charge in [0.25, 0.3) is 0 Å². The second kappa shape index (κ2) is 6.38. The van der Waals surface area contributed by atoms with Crippen molar-refractivity contribution >= 4 is 0 Å². The van der Waals surface area contributed by atoms with Gasteiger partial charge in [-0.15, -0.1) is 0 Å². The van der Waals surface area contributed by atoms with Crippen LogP contribution in [0.25, 0.3) is 0 Å². The highest BCUT2D eigenvalue weighted by atomic mass is 16.3. The number of aliphatic hydroxyl groups is 1. The van der Waals surface area contributed by atoms with Gasteiger partial charge in [-0.3, -0.25) is 0 Å². The molecule has 0 spiro atoms. The molecule has 2 aliphatic rings. The normalized spacial score (nSPS) is 36.5. The highest BCUT2D eigenvalue weighted by Gasteiger charge is 2.40. The second-order valence-corrected chi connectivity index (χ2v) is 7.02. The number of rotatable bonds is 4. The van der Waals surface area contributed by atoms with Crippen LogP contribution in [-0.4, -0.2) is 17.8 Å². The summed E-state index contributed by atoms with van der Waals surface area (Å²) in [6, 6.07) is 0. The lowest BCUT2D eigenvalue weighted by atomic mass is 9.64. The van der Waals surface area contributed by atoms with Gasteiger partial charge in [0.2, 0.25) is 0 Å². The average Bonchev–Trinajstić information content (AvgIpc) is 2.39. The molecule has 0 heterocycles. The summed E-state index contributed by atoms with van der Waals surface area (Å²) in [6.07, 6.45) is 12.5. The standard InChI is InChI=1S/C16H31NO/c1-13-6-5-9-16(11-13,12-17)15(18)10-14-7-3-2-4-8-14/h13-15,18H,2-12,17H2,1H3. The molecule has 0 radical (unpaired) electrons. The maximum absolute atomic E-state index is 10.7. The molecule has 3 unspecified atom stereocenters. The van der Waals surface area contributed by atoms with E-state index in [1.807, 2.05) is 0 Å². The molecule has 3 atom stereocenters. The molecule has 2 rings (SSSR count). The third-order valence-corrected chi connectivity index (χ3v) is 5.52. The van der Waals surface area contributed by atoms with Gasteiger partial charge in [-0.2, -0.15) is 0 Å². The van der Waals surface area contributed by atoms with Crippen molar-refractivity contribution in [1.29, 1.82) is 0 Å². The molecule has 2 saturated carbocycles. The Kier molecular flexibility index (Phi) is 5.08. The fourth-order valence-corrected chi connectivity index (χ4v) is 4.31. The van der Waals surface area contributed by atoms with Gasteiger partial charge in [0.05, 0.1) is 6.10 Å². The van der Waals surface area contributed by atoms with E-state index in [2.05, 4.69) is 6.92 Å². The summed E-state index contributed by atoms with van der Waals surface area (Å²) in [6.45, 7) is 2.99. The van der Waals surface area contributed by atoms with E-state index < -0.39 is 0 Å². The van der Waals surface area contributed by atoms with Gasteiger partial charge in [0.1, 0.15) is 0 Å². The first-order valence-electron chi connectivity index (χ1n) is 8.04. The zero-order valence-corrected chi connectivity index (χ0v) is 12.0. The molecule has 0 aliphatic heterocycles. The minimum Gasteiger partial charge on any atom is -0.392 e. The van der Waals surface area contributed by atoms with Crippen molar-refractivity contribution in [3.63, 3.8) is 0 Å². The lowest BCUT2D eigenvalue weighted by Crippen LogP contribution is -2.45. The first-order chi connectivity index (χ1) is 8.66. The van der Waals surface area contributed by atoms with Crippen molar-refractivity contribution in [2.24, 2.45) is 23.0 Å². The predicted molar refractivity (Wildman–Crippen MR) is 76.3 cm³/mol. The van der Waals surface area contributed by atoms with Crippen LogP contribution >= 0.6 is 0 Å². The van der Waals surface area contributed by atoms with E-state index in [9.17, 15) is 5.11 Å². The van der Waals surface area contributed by atoms with Crippen molar-refractivity contribution in [3.8, 4) is 0 Å². The van der Waals surface area contributed by atoms with Crippen LogP contribution in [0, 0.1) is 17.3 Å². The first kappa shape index (κ1) is 14.3. The molecule has 0 aromatic heterocycles. The number of hydrogen-bond acceptors (Lipinski definition) is 2. The monoisotopic (exact) mass is 253 g/mol. The van der Waals surface area contributed by atoms with Crippen LogP contribution in [-0.2, 0) is 0 Å². The largest absolute Gasteiger partial charge is 0.392 e. The van der Waals surface area contributed by atoms with E-state index in [0.717, 1.165) is 31.1 Å². The molecule has 2 aliphatic carbocycles. The van der Waals surface area contributed by atoms with Gasteiger partial charge in [-0.25, -0.2) is 0 Å². The molecule has 18 heavy (non-hydrogen) atoms. The Bertz CT molecular complexity index is 249. The van der Waals surface area contributed by atoms with Crippen molar-refractivity contribution in [3.05, 3.63) is 0 Å². The maximum Gasteiger partial charge on any atom is 0.0611 e. The lowest BCUT2D eigenvalue weighted by molar-refractivity contribution is -0.0278. The Morgan fingerprint density at radius 1 is 1.17 bits per heavy atom. The molecule has 0 saturated heterocycles. The lowest BCUT2D eigenvalue weighted by Gasteiger charge is -2.44. The van der Waals surface area contributed by atoms with Crippen molar-refractivity contribution in [1.82, 2.24) is 0 Å². The molecule has 2 fully saturated rings. The smallest absolute Gasteiger partial charge is 0.0611 e.